The van der Waals surface area contributed by atoms with E-state index in [1.54, 1.807) is 0 Å². The Hall–Kier alpha value is -9.24. The maximum absolute atomic E-state index is 2.57. The molecule has 1 atom stereocenters. The van der Waals surface area contributed by atoms with E-state index < -0.39 is 0 Å². The topological polar surface area (TPSA) is 6.48 Å². The summed E-state index contributed by atoms with van der Waals surface area (Å²) in [6.45, 7) is 0. The first-order chi connectivity index (χ1) is 36.7. The van der Waals surface area contributed by atoms with Gasteiger partial charge >= 0.3 is 0 Å². The number of rotatable bonds is 12. The number of fused-ring (bicyclic) bond motifs is 3. The van der Waals surface area contributed by atoms with Crippen LogP contribution in [0.3, 0.4) is 0 Å². The van der Waals surface area contributed by atoms with E-state index in [0.29, 0.717) is 0 Å². The molecule has 74 heavy (non-hydrogen) atoms. The SMILES string of the molecule is c1ccc(CCC2C3=C(Cc4ccccc4N3c3ccccc3)c3c(-c4ccc(-c5ccc(N(c6ccc(-c7ccccc7)cc6)c6ccc(-c7ccccc7-c7ccccc7)cc6)cc5)cc4)cccc32)cc1. The lowest BCUT2D eigenvalue weighted by Crippen LogP contribution is -2.25. The fourth-order valence-corrected chi connectivity index (χ4v) is 11.6. The van der Waals surface area contributed by atoms with Gasteiger partial charge in [0.2, 0.25) is 0 Å². The van der Waals surface area contributed by atoms with Crippen molar-refractivity contribution >= 4 is 34.0 Å². The molecule has 0 bridgehead atoms. The first-order valence-corrected chi connectivity index (χ1v) is 26.0. The maximum Gasteiger partial charge on any atom is 0.0494 e. The first-order valence-electron chi connectivity index (χ1n) is 26.0. The number of hydrogen-bond acceptors (Lipinski definition) is 2. The van der Waals surface area contributed by atoms with Crippen molar-refractivity contribution in [3.05, 3.63) is 313 Å². The average molecular weight is 947 g/mol. The van der Waals surface area contributed by atoms with Gasteiger partial charge in [0.05, 0.1) is 0 Å². The molecule has 0 fully saturated rings. The van der Waals surface area contributed by atoms with Gasteiger partial charge in [0.25, 0.3) is 0 Å². The predicted molar refractivity (Wildman–Crippen MR) is 311 cm³/mol. The molecule has 0 spiro atoms. The van der Waals surface area contributed by atoms with Crippen LogP contribution in [0, 0.1) is 0 Å². The molecule has 0 saturated carbocycles. The van der Waals surface area contributed by atoms with Crippen molar-refractivity contribution in [2.45, 2.75) is 25.2 Å². The largest absolute Gasteiger partial charge is 0.313 e. The number of nitrogens with zero attached hydrogens (tertiary/aromatic N) is 2. The summed E-state index contributed by atoms with van der Waals surface area (Å²) < 4.78 is 0. The molecule has 13 rings (SSSR count). The zero-order valence-corrected chi connectivity index (χ0v) is 41.2. The number of anilines is 5. The zero-order valence-electron chi connectivity index (χ0n) is 41.2. The second-order valence-corrected chi connectivity index (χ2v) is 19.5. The molecule has 1 aliphatic carbocycles. The van der Waals surface area contributed by atoms with E-state index >= 15 is 0 Å². The van der Waals surface area contributed by atoms with E-state index in [-0.39, 0.29) is 5.92 Å². The lowest BCUT2D eigenvalue weighted by atomic mass is 9.88. The summed E-state index contributed by atoms with van der Waals surface area (Å²) in [5.41, 5.74) is 26.4. The van der Waals surface area contributed by atoms with Crippen LogP contribution < -0.4 is 9.80 Å². The normalized spacial score (nSPS) is 13.5. The third kappa shape index (κ3) is 8.51. The maximum atomic E-state index is 2.57. The van der Waals surface area contributed by atoms with Crippen molar-refractivity contribution in [1.29, 1.82) is 0 Å². The van der Waals surface area contributed by atoms with Crippen molar-refractivity contribution < 1.29 is 0 Å². The van der Waals surface area contributed by atoms with Crippen LogP contribution in [0.15, 0.2) is 291 Å². The summed E-state index contributed by atoms with van der Waals surface area (Å²) in [4.78, 5) is 4.94. The van der Waals surface area contributed by atoms with Crippen LogP contribution in [0.5, 0.6) is 0 Å². The Morgan fingerprint density at radius 3 is 1.36 bits per heavy atom. The first kappa shape index (κ1) is 44.7. The Morgan fingerprint density at radius 2 is 0.770 bits per heavy atom. The number of allylic oxidation sites excluding steroid dienone is 2. The molecule has 1 heterocycles. The molecule has 1 aliphatic heterocycles. The van der Waals surface area contributed by atoms with Crippen LogP contribution in [-0.4, -0.2) is 0 Å². The van der Waals surface area contributed by atoms with Crippen LogP contribution in [0.1, 0.15) is 34.6 Å². The van der Waals surface area contributed by atoms with E-state index in [0.717, 1.165) is 36.3 Å². The third-order valence-corrected chi connectivity index (χ3v) is 15.2. The minimum absolute atomic E-state index is 0.252. The minimum atomic E-state index is 0.252. The summed E-state index contributed by atoms with van der Waals surface area (Å²) >= 11 is 0. The summed E-state index contributed by atoms with van der Waals surface area (Å²) in [7, 11) is 0. The standard InChI is InChI=1S/C72H54N2/c1-5-18-51(19-6-1)32-49-68-67-30-17-29-66(71(67)69-50-59-24-13-16-31-70(59)74(72(68)69)60-25-11-4-12-26-60)58-35-33-53(34-36-58)55-39-45-62(46-40-55)73(61-43-37-54(38-44-61)52-20-7-2-8-21-52)63-47-41-57(42-48-63)65-28-15-14-27-64(65)56-22-9-3-10-23-56/h1-31,33-48,68H,32,49-50H2. The van der Waals surface area contributed by atoms with Gasteiger partial charge in [-0.1, -0.05) is 231 Å². The van der Waals surface area contributed by atoms with E-state index in [1.165, 1.54) is 101 Å². The Balaban J connectivity index is 0.837. The molecule has 352 valence electrons. The minimum Gasteiger partial charge on any atom is -0.313 e. The smallest absolute Gasteiger partial charge is 0.0494 e. The van der Waals surface area contributed by atoms with Crippen LogP contribution in [0.25, 0.3) is 61.2 Å². The van der Waals surface area contributed by atoms with Gasteiger partial charge in [-0.05, 0) is 151 Å². The van der Waals surface area contributed by atoms with Crippen molar-refractivity contribution in [1.82, 2.24) is 0 Å². The molecule has 2 nitrogen and oxygen atoms in total. The van der Waals surface area contributed by atoms with Crippen LogP contribution in [0.2, 0.25) is 0 Å². The van der Waals surface area contributed by atoms with Crippen LogP contribution >= 0.6 is 0 Å². The lowest BCUT2D eigenvalue weighted by Gasteiger charge is -2.36. The van der Waals surface area contributed by atoms with Gasteiger partial charge < -0.3 is 9.80 Å². The number of para-hydroxylation sites is 2. The molecule has 0 amide bonds. The van der Waals surface area contributed by atoms with Gasteiger partial charge in [-0.25, -0.2) is 0 Å². The average Bonchev–Trinajstić information content (AvgIpc) is 3.84. The monoisotopic (exact) mass is 946 g/mol. The van der Waals surface area contributed by atoms with E-state index in [2.05, 4.69) is 295 Å². The van der Waals surface area contributed by atoms with Crippen LogP contribution in [-0.2, 0) is 12.8 Å². The molecule has 11 aromatic carbocycles. The lowest BCUT2D eigenvalue weighted by molar-refractivity contribution is 0.699. The van der Waals surface area contributed by atoms with E-state index in [9.17, 15) is 0 Å². The summed E-state index contributed by atoms with van der Waals surface area (Å²) in [5.74, 6) is 0.252. The van der Waals surface area contributed by atoms with Crippen molar-refractivity contribution in [2.24, 2.45) is 0 Å². The highest BCUT2D eigenvalue weighted by molar-refractivity contribution is 5.96. The van der Waals surface area contributed by atoms with Gasteiger partial charge in [0.1, 0.15) is 0 Å². The van der Waals surface area contributed by atoms with Gasteiger partial charge in [-0.3, -0.25) is 0 Å². The van der Waals surface area contributed by atoms with Crippen molar-refractivity contribution in [3.8, 4) is 55.6 Å². The molecule has 11 aromatic rings. The molecule has 1 unspecified atom stereocenters. The van der Waals surface area contributed by atoms with Crippen molar-refractivity contribution in [3.63, 3.8) is 0 Å². The Morgan fingerprint density at radius 1 is 0.351 bits per heavy atom. The Bertz CT molecular complexity index is 3750. The second-order valence-electron chi connectivity index (χ2n) is 19.5. The fraction of sp³-hybridized carbons (Fsp3) is 0.0556. The van der Waals surface area contributed by atoms with Crippen molar-refractivity contribution in [2.75, 3.05) is 9.80 Å². The molecular weight excluding hydrogens is 893 g/mol. The molecular formula is C72H54N2. The highest BCUT2D eigenvalue weighted by atomic mass is 15.2. The Kier molecular flexibility index (Phi) is 11.9. The molecule has 2 aliphatic rings. The second kappa shape index (κ2) is 19.8. The van der Waals surface area contributed by atoms with Gasteiger partial charge in [-0.2, -0.15) is 0 Å². The fourth-order valence-electron chi connectivity index (χ4n) is 11.6. The number of benzene rings is 11. The van der Waals surface area contributed by atoms with E-state index in [4.69, 9.17) is 0 Å². The molecule has 0 radical (unpaired) electrons. The Labute approximate surface area is 435 Å². The predicted octanol–water partition coefficient (Wildman–Crippen LogP) is 19.3. The summed E-state index contributed by atoms with van der Waals surface area (Å²) in [6.07, 6.45) is 2.95. The molecule has 2 heteroatoms. The quantitative estimate of drug-likeness (QED) is 0.120. The summed E-state index contributed by atoms with van der Waals surface area (Å²) in [5, 5.41) is 0. The van der Waals surface area contributed by atoms with Gasteiger partial charge in [-0.15, -0.1) is 0 Å². The molecule has 0 N–H and O–H groups in total. The third-order valence-electron chi connectivity index (χ3n) is 15.2. The van der Waals surface area contributed by atoms with Gasteiger partial charge in [0.15, 0.2) is 0 Å². The van der Waals surface area contributed by atoms with Crippen LogP contribution in [0.4, 0.5) is 28.4 Å². The summed E-state index contributed by atoms with van der Waals surface area (Å²) in [6, 6.07) is 104. The molecule has 0 aromatic heterocycles. The zero-order chi connectivity index (χ0) is 49.2. The van der Waals surface area contributed by atoms with E-state index in [1.807, 2.05) is 0 Å². The number of hydrogen-bond donors (Lipinski definition) is 0. The molecule has 0 saturated heterocycles. The highest BCUT2D eigenvalue weighted by Gasteiger charge is 2.40. The van der Waals surface area contributed by atoms with Gasteiger partial charge in [0, 0.05) is 46.5 Å². The highest BCUT2D eigenvalue weighted by Crippen LogP contribution is 2.56. The number of aryl methyl sites for hydroxylation is 1.